The number of rotatable bonds is 6. The molecule has 164 valence electrons. The van der Waals surface area contributed by atoms with Crippen molar-refractivity contribution in [3.05, 3.63) is 107 Å². The highest BCUT2D eigenvalue weighted by molar-refractivity contribution is 5.79. The number of benzene rings is 3. The van der Waals surface area contributed by atoms with Crippen LogP contribution in [0, 0.1) is 0 Å². The van der Waals surface area contributed by atoms with Crippen LogP contribution in [0.15, 0.2) is 100 Å². The Balaban J connectivity index is 1.44. The normalized spacial score (nSPS) is 11.1. The van der Waals surface area contributed by atoms with Crippen molar-refractivity contribution in [3.63, 3.8) is 0 Å². The van der Waals surface area contributed by atoms with Gasteiger partial charge in [-0.3, -0.25) is 9.36 Å². The number of aromatic nitrogens is 3. The van der Waals surface area contributed by atoms with Crippen LogP contribution in [0.1, 0.15) is 5.56 Å². The topological polar surface area (TPSA) is 73.3 Å². The zero-order valence-corrected chi connectivity index (χ0v) is 18.1. The highest BCUT2D eigenvalue weighted by atomic mass is 16.4. The number of fused-ring (bicyclic) bond motifs is 1. The number of hydrogen-bond donors (Lipinski definition) is 0. The van der Waals surface area contributed by atoms with E-state index in [-0.39, 0.29) is 12.5 Å². The summed E-state index contributed by atoms with van der Waals surface area (Å²) in [5.74, 6) is -0.741. The van der Waals surface area contributed by atoms with Gasteiger partial charge >= 0.3 is 5.76 Å². The molecular formula is C26H22N4O3. The summed E-state index contributed by atoms with van der Waals surface area (Å²) in [6.45, 7) is 0.250. The van der Waals surface area contributed by atoms with Gasteiger partial charge in [0.15, 0.2) is 5.58 Å². The van der Waals surface area contributed by atoms with Crippen LogP contribution in [0.25, 0.3) is 28.0 Å². The number of carbonyl (C=O) groups excluding carboxylic acids is 1. The first kappa shape index (κ1) is 20.5. The van der Waals surface area contributed by atoms with Gasteiger partial charge in [-0.1, -0.05) is 60.7 Å². The molecule has 0 saturated carbocycles. The van der Waals surface area contributed by atoms with E-state index in [2.05, 4.69) is 0 Å². The van der Waals surface area contributed by atoms with Gasteiger partial charge in [-0.05, 0) is 24.3 Å². The molecule has 0 bridgehead atoms. The Morgan fingerprint density at radius 1 is 0.939 bits per heavy atom. The third-order valence-corrected chi connectivity index (χ3v) is 5.56. The Hall–Kier alpha value is -4.39. The van der Waals surface area contributed by atoms with Gasteiger partial charge in [0.25, 0.3) is 0 Å². The molecule has 0 fully saturated rings. The average molecular weight is 438 g/mol. The predicted octanol–water partition coefficient (Wildman–Crippen LogP) is 4.11. The van der Waals surface area contributed by atoms with Crippen LogP contribution >= 0.6 is 0 Å². The maximum atomic E-state index is 13.0. The summed E-state index contributed by atoms with van der Waals surface area (Å²) in [5.41, 5.74) is 4.70. The number of hydrogen-bond acceptors (Lipinski definition) is 4. The van der Waals surface area contributed by atoms with Crippen molar-refractivity contribution in [3.8, 4) is 16.9 Å². The van der Waals surface area contributed by atoms with Crippen LogP contribution in [-0.4, -0.2) is 32.2 Å². The third kappa shape index (κ3) is 4.08. The van der Waals surface area contributed by atoms with Crippen molar-refractivity contribution in [2.45, 2.75) is 13.1 Å². The van der Waals surface area contributed by atoms with Crippen molar-refractivity contribution in [2.24, 2.45) is 0 Å². The highest BCUT2D eigenvalue weighted by Gasteiger charge is 2.19. The van der Waals surface area contributed by atoms with Gasteiger partial charge in [-0.2, -0.15) is 5.10 Å². The molecule has 0 saturated heterocycles. The minimum absolute atomic E-state index is 0.0974. The molecule has 0 N–H and O–H groups in total. The van der Waals surface area contributed by atoms with E-state index >= 15 is 0 Å². The first-order valence-electron chi connectivity index (χ1n) is 10.6. The summed E-state index contributed by atoms with van der Waals surface area (Å²) in [7, 11) is 1.73. The van der Waals surface area contributed by atoms with Crippen LogP contribution in [0.2, 0.25) is 0 Å². The second-order valence-electron chi connectivity index (χ2n) is 7.82. The quantitative estimate of drug-likeness (QED) is 0.400. The van der Waals surface area contributed by atoms with E-state index < -0.39 is 5.76 Å². The predicted molar refractivity (Wildman–Crippen MR) is 126 cm³/mol. The molecule has 3 aromatic carbocycles. The second kappa shape index (κ2) is 8.63. The van der Waals surface area contributed by atoms with Gasteiger partial charge in [0.05, 0.1) is 16.9 Å². The van der Waals surface area contributed by atoms with Gasteiger partial charge < -0.3 is 9.32 Å². The van der Waals surface area contributed by atoms with Crippen molar-refractivity contribution < 1.29 is 9.21 Å². The summed E-state index contributed by atoms with van der Waals surface area (Å²) >= 11 is 0. The molecule has 33 heavy (non-hydrogen) atoms. The summed E-state index contributed by atoms with van der Waals surface area (Å²) in [5, 5.41) is 4.80. The zero-order valence-electron chi connectivity index (χ0n) is 18.1. The van der Waals surface area contributed by atoms with E-state index in [1.807, 2.05) is 77.6 Å². The summed E-state index contributed by atoms with van der Waals surface area (Å²) in [6.07, 6.45) is 1.95. The second-order valence-corrected chi connectivity index (χ2v) is 7.82. The summed E-state index contributed by atoms with van der Waals surface area (Å²) < 4.78 is 8.43. The molecule has 0 spiro atoms. The Morgan fingerprint density at radius 3 is 2.36 bits per heavy atom. The first-order valence-corrected chi connectivity index (χ1v) is 10.6. The molecule has 7 nitrogen and oxygen atoms in total. The number of para-hydroxylation sites is 3. The van der Waals surface area contributed by atoms with E-state index in [1.54, 1.807) is 30.1 Å². The molecule has 0 aliphatic carbocycles. The molecule has 0 atom stereocenters. The van der Waals surface area contributed by atoms with Crippen LogP contribution in [-0.2, 0) is 17.9 Å². The maximum Gasteiger partial charge on any atom is 0.420 e. The monoisotopic (exact) mass is 438 g/mol. The molecule has 5 aromatic rings. The summed E-state index contributed by atoms with van der Waals surface area (Å²) in [6, 6.07) is 26.8. The Morgan fingerprint density at radius 2 is 1.61 bits per heavy atom. The van der Waals surface area contributed by atoms with Crippen LogP contribution in [0.3, 0.4) is 0 Å². The average Bonchev–Trinajstić information content (AvgIpc) is 3.41. The lowest BCUT2D eigenvalue weighted by Crippen LogP contribution is -2.32. The van der Waals surface area contributed by atoms with Crippen molar-refractivity contribution in [2.75, 3.05) is 7.05 Å². The maximum absolute atomic E-state index is 13.0. The minimum Gasteiger partial charge on any atom is -0.408 e. The standard InChI is InChI=1S/C26H22N4O3/c1-28(24(31)18-29-22-14-8-9-15-23(22)33-26(29)32)16-20-17-30(21-12-6-3-7-13-21)27-25(20)19-10-4-2-5-11-19/h2-15,17H,16,18H2,1H3. The fourth-order valence-corrected chi connectivity index (χ4v) is 3.84. The van der Waals surface area contributed by atoms with Crippen molar-refractivity contribution in [1.82, 2.24) is 19.2 Å². The molecule has 1 amide bonds. The number of oxazole rings is 1. The van der Waals surface area contributed by atoms with Crippen LogP contribution < -0.4 is 5.76 Å². The third-order valence-electron chi connectivity index (χ3n) is 5.56. The van der Waals surface area contributed by atoms with Crippen LogP contribution in [0.4, 0.5) is 0 Å². The molecule has 0 aliphatic rings. The Labute approximate surface area is 190 Å². The van der Waals surface area contributed by atoms with E-state index in [9.17, 15) is 9.59 Å². The fourth-order valence-electron chi connectivity index (χ4n) is 3.84. The molecule has 2 heterocycles. The lowest BCUT2D eigenvalue weighted by atomic mass is 10.1. The zero-order chi connectivity index (χ0) is 22.8. The molecule has 7 heteroatoms. The minimum atomic E-state index is -0.542. The van der Waals surface area contributed by atoms with Crippen molar-refractivity contribution >= 4 is 17.0 Å². The number of amides is 1. The number of carbonyl (C=O) groups is 1. The van der Waals surface area contributed by atoms with Gasteiger partial charge in [0.1, 0.15) is 6.54 Å². The van der Waals surface area contributed by atoms with Gasteiger partial charge in [0, 0.05) is 30.9 Å². The molecule has 2 aromatic heterocycles. The Kier molecular flexibility index (Phi) is 5.36. The molecule has 0 aliphatic heterocycles. The smallest absolute Gasteiger partial charge is 0.408 e. The lowest BCUT2D eigenvalue weighted by Gasteiger charge is -2.17. The first-order chi connectivity index (χ1) is 16.1. The molecule has 0 unspecified atom stereocenters. The van der Waals surface area contributed by atoms with E-state index in [0.29, 0.717) is 17.6 Å². The number of likely N-dealkylation sites (N-methyl/N-ethyl adjacent to an activating group) is 1. The van der Waals surface area contributed by atoms with Gasteiger partial charge in [-0.25, -0.2) is 9.48 Å². The van der Waals surface area contributed by atoms with E-state index in [4.69, 9.17) is 9.52 Å². The number of nitrogens with zero attached hydrogens (tertiary/aromatic N) is 4. The molecular weight excluding hydrogens is 416 g/mol. The van der Waals surface area contributed by atoms with E-state index in [0.717, 1.165) is 22.5 Å². The van der Waals surface area contributed by atoms with Crippen LogP contribution in [0.5, 0.6) is 0 Å². The summed E-state index contributed by atoms with van der Waals surface area (Å²) in [4.78, 5) is 26.9. The SMILES string of the molecule is CN(Cc1cn(-c2ccccc2)nc1-c1ccccc1)C(=O)Cn1c(=O)oc2ccccc21. The fraction of sp³-hybridized carbons (Fsp3) is 0.115. The van der Waals surface area contributed by atoms with Crippen molar-refractivity contribution in [1.29, 1.82) is 0 Å². The van der Waals surface area contributed by atoms with Gasteiger partial charge in [0.2, 0.25) is 5.91 Å². The largest absolute Gasteiger partial charge is 0.420 e. The molecule has 5 rings (SSSR count). The van der Waals surface area contributed by atoms with Gasteiger partial charge in [-0.15, -0.1) is 0 Å². The Bertz CT molecular complexity index is 1470. The van der Waals surface area contributed by atoms with E-state index in [1.165, 1.54) is 4.57 Å². The lowest BCUT2D eigenvalue weighted by molar-refractivity contribution is -0.131. The highest BCUT2D eigenvalue weighted by Crippen LogP contribution is 2.25. The molecule has 0 radical (unpaired) electrons.